The average molecular weight is 391 g/mol. The van der Waals surface area contributed by atoms with Gasteiger partial charge in [0.1, 0.15) is 0 Å². The summed E-state index contributed by atoms with van der Waals surface area (Å²) in [5.41, 5.74) is 2.49. The van der Waals surface area contributed by atoms with Gasteiger partial charge in [0.2, 0.25) is 0 Å². The smallest absolute Gasteiger partial charge is 0.199 e. The van der Waals surface area contributed by atoms with Gasteiger partial charge in [0.25, 0.3) is 0 Å². The molecule has 1 aromatic carbocycles. The van der Waals surface area contributed by atoms with E-state index < -0.39 is 0 Å². The van der Waals surface area contributed by atoms with Gasteiger partial charge >= 0.3 is 0 Å². The minimum atomic E-state index is 0.448. The lowest BCUT2D eigenvalue weighted by Crippen LogP contribution is -2.45. The van der Waals surface area contributed by atoms with Crippen molar-refractivity contribution in [2.75, 3.05) is 31.1 Å². The molecule has 0 atom stereocenters. The van der Waals surface area contributed by atoms with Gasteiger partial charge in [-0.05, 0) is 36.6 Å². The summed E-state index contributed by atoms with van der Waals surface area (Å²) in [6.45, 7) is 5.07. The van der Waals surface area contributed by atoms with Crippen LogP contribution in [0.2, 0.25) is 0 Å². The largest absolute Gasteiger partial charge is 0.494 e. The van der Waals surface area contributed by atoms with Crippen LogP contribution in [-0.2, 0) is 6.54 Å². The fourth-order valence-corrected chi connectivity index (χ4v) is 4.95. The Balaban J connectivity index is 1.29. The Hall–Kier alpha value is -2.53. The zero-order valence-electron chi connectivity index (χ0n) is 17.0. The Morgan fingerprint density at radius 3 is 2.59 bits per heavy atom. The van der Waals surface area contributed by atoms with Crippen molar-refractivity contribution >= 4 is 16.5 Å². The molecule has 5 nitrogen and oxygen atoms in total. The van der Waals surface area contributed by atoms with Crippen molar-refractivity contribution in [2.24, 2.45) is 0 Å². The minimum Gasteiger partial charge on any atom is -0.494 e. The third kappa shape index (κ3) is 3.84. The summed E-state index contributed by atoms with van der Waals surface area (Å²) in [6, 6.07) is 11.2. The Kier molecular flexibility index (Phi) is 5.15. The molecule has 0 radical (unpaired) electrons. The lowest BCUT2D eigenvalue weighted by molar-refractivity contribution is 0.249. The normalized spacial score (nSPS) is 19.1. The van der Waals surface area contributed by atoms with Gasteiger partial charge in [-0.15, -0.1) is 0 Å². The molecule has 1 saturated carbocycles. The van der Waals surface area contributed by atoms with Crippen LogP contribution < -0.4 is 4.90 Å². The fraction of sp³-hybridized carbons (Fsp3) is 0.458. The standard InChI is InChI=1S/C24H30N4O/c29-24-23-15-22(9-8-20(23)18-28(24)21-6-2-1-3-7-21)27-13-11-26(12-14-27)17-19-5-4-10-25-16-19/h4-5,8-10,15-16,18,21,29H,1-3,6-7,11-14,17H2. The van der Waals surface area contributed by atoms with E-state index >= 15 is 0 Å². The highest BCUT2D eigenvalue weighted by Crippen LogP contribution is 2.37. The Bertz CT molecular complexity index is 954. The van der Waals surface area contributed by atoms with Crippen LogP contribution in [0.1, 0.15) is 43.7 Å². The first-order valence-electron chi connectivity index (χ1n) is 11.0. The van der Waals surface area contributed by atoms with E-state index in [0.29, 0.717) is 11.9 Å². The van der Waals surface area contributed by atoms with Crippen molar-refractivity contribution < 1.29 is 5.11 Å². The first-order valence-corrected chi connectivity index (χ1v) is 11.0. The van der Waals surface area contributed by atoms with Crippen LogP contribution in [-0.4, -0.2) is 45.7 Å². The van der Waals surface area contributed by atoms with Crippen molar-refractivity contribution in [2.45, 2.75) is 44.7 Å². The molecule has 1 N–H and O–H groups in total. The third-order valence-electron chi connectivity index (χ3n) is 6.64. The second-order valence-electron chi connectivity index (χ2n) is 8.55. The van der Waals surface area contributed by atoms with Gasteiger partial charge in [-0.3, -0.25) is 9.88 Å². The number of nitrogens with zero attached hydrogens (tertiary/aromatic N) is 4. The number of aromatic hydroxyl groups is 1. The maximum atomic E-state index is 10.9. The highest BCUT2D eigenvalue weighted by molar-refractivity contribution is 5.91. The van der Waals surface area contributed by atoms with E-state index in [-0.39, 0.29) is 0 Å². The Morgan fingerprint density at radius 2 is 1.83 bits per heavy atom. The monoisotopic (exact) mass is 390 g/mol. The van der Waals surface area contributed by atoms with Crippen LogP contribution in [0.25, 0.3) is 10.8 Å². The van der Waals surface area contributed by atoms with Crippen LogP contribution in [0, 0.1) is 0 Å². The average Bonchev–Trinajstić information content (AvgIpc) is 3.12. The molecule has 3 aromatic rings. The number of hydrogen-bond acceptors (Lipinski definition) is 4. The van der Waals surface area contributed by atoms with E-state index in [1.165, 1.54) is 43.4 Å². The lowest BCUT2D eigenvalue weighted by atomic mass is 9.95. The predicted octanol–water partition coefficient (Wildman–Crippen LogP) is 4.57. The summed E-state index contributed by atoms with van der Waals surface area (Å²) in [6.07, 6.45) is 12.2. The van der Waals surface area contributed by atoms with Crippen LogP contribution in [0.3, 0.4) is 0 Å². The molecule has 0 amide bonds. The van der Waals surface area contributed by atoms with Crippen LogP contribution >= 0.6 is 0 Å². The zero-order valence-corrected chi connectivity index (χ0v) is 17.0. The summed E-state index contributed by atoms with van der Waals surface area (Å²) in [4.78, 5) is 9.15. The third-order valence-corrected chi connectivity index (χ3v) is 6.64. The maximum Gasteiger partial charge on any atom is 0.199 e. The van der Waals surface area contributed by atoms with Crippen molar-refractivity contribution in [1.29, 1.82) is 0 Å². The molecule has 2 fully saturated rings. The number of benzene rings is 1. The number of pyridine rings is 1. The number of aromatic nitrogens is 2. The molecule has 1 saturated heterocycles. The number of hydrogen-bond donors (Lipinski definition) is 1. The molecular formula is C24H30N4O. The van der Waals surface area contributed by atoms with Crippen LogP contribution in [0.4, 0.5) is 5.69 Å². The molecule has 1 aliphatic carbocycles. The molecule has 5 heteroatoms. The molecular weight excluding hydrogens is 360 g/mol. The van der Waals surface area contributed by atoms with E-state index in [9.17, 15) is 5.11 Å². The lowest BCUT2D eigenvalue weighted by Gasteiger charge is -2.36. The Labute approximate surface area is 172 Å². The number of fused-ring (bicyclic) bond motifs is 1. The first kappa shape index (κ1) is 18.5. The van der Waals surface area contributed by atoms with Crippen molar-refractivity contribution in [3.05, 3.63) is 54.5 Å². The van der Waals surface area contributed by atoms with Gasteiger partial charge in [0, 0.05) is 73.8 Å². The van der Waals surface area contributed by atoms with E-state index in [4.69, 9.17) is 0 Å². The molecule has 0 unspecified atom stereocenters. The van der Waals surface area contributed by atoms with Gasteiger partial charge < -0.3 is 14.6 Å². The van der Waals surface area contributed by atoms with E-state index in [1.807, 2.05) is 18.5 Å². The Morgan fingerprint density at radius 1 is 1.00 bits per heavy atom. The maximum absolute atomic E-state index is 10.9. The second kappa shape index (κ2) is 8.07. The SMILES string of the molecule is Oc1c2cc(N3CCN(Cc4cccnc4)CC3)ccc2cn1C1CCCCC1. The molecule has 3 heterocycles. The highest BCUT2D eigenvalue weighted by atomic mass is 16.3. The molecule has 29 heavy (non-hydrogen) atoms. The first-order chi connectivity index (χ1) is 14.3. The second-order valence-corrected chi connectivity index (χ2v) is 8.55. The summed E-state index contributed by atoms with van der Waals surface area (Å²) in [5, 5.41) is 13.0. The molecule has 5 rings (SSSR count). The summed E-state index contributed by atoms with van der Waals surface area (Å²) in [5.74, 6) is 0.448. The molecule has 0 bridgehead atoms. The molecule has 2 aromatic heterocycles. The topological polar surface area (TPSA) is 44.5 Å². The fourth-order valence-electron chi connectivity index (χ4n) is 4.95. The number of piperazine rings is 1. The number of anilines is 1. The summed E-state index contributed by atoms with van der Waals surface area (Å²) >= 11 is 0. The van der Waals surface area contributed by atoms with Gasteiger partial charge in [0.05, 0.1) is 0 Å². The van der Waals surface area contributed by atoms with Crippen molar-refractivity contribution in [3.8, 4) is 5.88 Å². The quantitative estimate of drug-likeness (QED) is 0.709. The van der Waals surface area contributed by atoms with E-state index in [0.717, 1.165) is 43.5 Å². The predicted molar refractivity (Wildman–Crippen MR) is 117 cm³/mol. The van der Waals surface area contributed by atoms with Crippen molar-refractivity contribution in [1.82, 2.24) is 14.5 Å². The molecule has 152 valence electrons. The summed E-state index contributed by atoms with van der Waals surface area (Å²) in [7, 11) is 0. The molecule has 1 aliphatic heterocycles. The zero-order chi connectivity index (χ0) is 19.6. The highest BCUT2D eigenvalue weighted by Gasteiger charge is 2.21. The van der Waals surface area contributed by atoms with E-state index in [2.05, 4.69) is 49.8 Å². The van der Waals surface area contributed by atoms with Gasteiger partial charge in [0.15, 0.2) is 5.88 Å². The molecule has 0 spiro atoms. The van der Waals surface area contributed by atoms with Crippen molar-refractivity contribution in [3.63, 3.8) is 0 Å². The van der Waals surface area contributed by atoms with E-state index in [1.54, 1.807) is 0 Å². The van der Waals surface area contributed by atoms with Gasteiger partial charge in [-0.2, -0.15) is 0 Å². The van der Waals surface area contributed by atoms with Crippen LogP contribution in [0.5, 0.6) is 5.88 Å². The minimum absolute atomic E-state index is 0.448. The van der Waals surface area contributed by atoms with Gasteiger partial charge in [-0.1, -0.05) is 31.4 Å². The number of rotatable bonds is 4. The van der Waals surface area contributed by atoms with Crippen LogP contribution in [0.15, 0.2) is 48.9 Å². The summed E-state index contributed by atoms with van der Waals surface area (Å²) < 4.78 is 2.12. The van der Waals surface area contributed by atoms with Gasteiger partial charge in [-0.25, -0.2) is 0 Å². The molecule has 2 aliphatic rings.